The van der Waals surface area contributed by atoms with Crippen LogP contribution in [0.3, 0.4) is 0 Å². The second kappa shape index (κ2) is 6.50. The van der Waals surface area contributed by atoms with Crippen LogP contribution in [0.25, 0.3) is 0 Å². The first-order valence-corrected chi connectivity index (χ1v) is 7.86. The molecule has 1 aliphatic carbocycles. The number of hydrogen-bond donors (Lipinski definition) is 1. The summed E-state index contributed by atoms with van der Waals surface area (Å²) in [5.41, 5.74) is 2.73. The van der Waals surface area contributed by atoms with Crippen molar-refractivity contribution in [3.63, 3.8) is 0 Å². The van der Waals surface area contributed by atoms with E-state index in [1.54, 1.807) is 0 Å². The molecule has 0 saturated heterocycles. The Labute approximate surface area is 128 Å². The summed E-state index contributed by atoms with van der Waals surface area (Å²) >= 11 is 0. The molecule has 1 unspecified atom stereocenters. The fourth-order valence-corrected chi connectivity index (χ4v) is 2.99. The van der Waals surface area contributed by atoms with E-state index in [0.717, 1.165) is 24.2 Å². The van der Waals surface area contributed by atoms with Crippen LogP contribution in [0.15, 0.2) is 18.2 Å². The molecule has 0 aromatic heterocycles. The molecule has 0 aliphatic heterocycles. The lowest BCUT2D eigenvalue weighted by Crippen LogP contribution is -2.34. The highest BCUT2D eigenvalue weighted by molar-refractivity contribution is 5.76. The van der Waals surface area contributed by atoms with Gasteiger partial charge in [-0.1, -0.05) is 26.0 Å². The summed E-state index contributed by atoms with van der Waals surface area (Å²) in [6, 6.07) is 6.35. The molecule has 1 saturated carbocycles. The van der Waals surface area contributed by atoms with Crippen molar-refractivity contribution in [1.82, 2.24) is 5.32 Å². The molecule has 0 radical (unpaired) electrons. The largest absolute Gasteiger partial charge is 0.493 e. The molecule has 0 spiro atoms. The lowest BCUT2D eigenvalue weighted by atomic mass is 9.92. The Balaban J connectivity index is 1.74. The van der Waals surface area contributed by atoms with Gasteiger partial charge in [0.05, 0.1) is 13.0 Å². The van der Waals surface area contributed by atoms with Crippen LogP contribution in [0, 0.1) is 19.3 Å². The second-order valence-corrected chi connectivity index (χ2v) is 6.97. The van der Waals surface area contributed by atoms with Gasteiger partial charge in [0.15, 0.2) is 0 Å². The molecule has 1 N–H and O–H groups in total. The van der Waals surface area contributed by atoms with Crippen LogP contribution in [0.4, 0.5) is 0 Å². The number of rotatable bonds is 5. The Morgan fingerprint density at radius 3 is 2.81 bits per heavy atom. The molecule has 2 rings (SSSR count). The topological polar surface area (TPSA) is 38.3 Å². The highest BCUT2D eigenvalue weighted by Crippen LogP contribution is 2.36. The number of aryl methyl sites for hydroxylation is 1. The van der Waals surface area contributed by atoms with Crippen molar-refractivity contribution in [2.45, 2.75) is 59.4 Å². The Morgan fingerprint density at radius 1 is 1.38 bits per heavy atom. The zero-order valence-electron chi connectivity index (χ0n) is 13.7. The molecule has 21 heavy (non-hydrogen) atoms. The summed E-state index contributed by atoms with van der Waals surface area (Å²) in [7, 11) is 0. The maximum Gasteiger partial charge on any atom is 0.223 e. The minimum atomic E-state index is 0.100. The summed E-state index contributed by atoms with van der Waals surface area (Å²) in [5, 5.41) is 3.13. The smallest absolute Gasteiger partial charge is 0.223 e. The minimum Gasteiger partial charge on any atom is -0.493 e. The molecule has 3 nitrogen and oxygen atoms in total. The third kappa shape index (κ3) is 4.48. The van der Waals surface area contributed by atoms with Gasteiger partial charge in [-0.2, -0.15) is 0 Å². The van der Waals surface area contributed by atoms with Crippen molar-refractivity contribution in [3.05, 3.63) is 29.3 Å². The molecular formula is C18H27NO2. The zero-order valence-corrected chi connectivity index (χ0v) is 13.7. The number of carbonyl (C=O) groups is 1. The van der Waals surface area contributed by atoms with Gasteiger partial charge in [0.1, 0.15) is 5.75 Å². The van der Waals surface area contributed by atoms with Gasteiger partial charge < -0.3 is 10.1 Å². The van der Waals surface area contributed by atoms with Gasteiger partial charge in [0.2, 0.25) is 5.91 Å². The molecular weight excluding hydrogens is 262 g/mol. The molecule has 1 aromatic carbocycles. The average molecular weight is 289 g/mol. The van der Waals surface area contributed by atoms with Crippen molar-refractivity contribution in [3.8, 4) is 5.75 Å². The monoisotopic (exact) mass is 289 g/mol. The van der Waals surface area contributed by atoms with Crippen LogP contribution < -0.4 is 10.1 Å². The van der Waals surface area contributed by atoms with Crippen LogP contribution >= 0.6 is 0 Å². The summed E-state index contributed by atoms with van der Waals surface area (Å²) < 4.78 is 5.73. The summed E-state index contributed by atoms with van der Waals surface area (Å²) in [4.78, 5) is 12.0. The molecule has 116 valence electrons. The fourth-order valence-electron chi connectivity index (χ4n) is 2.99. The van der Waals surface area contributed by atoms with E-state index in [9.17, 15) is 4.79 Å². The summed E-state index contributed by atoms with van der Waals surface area (Å²) in [6.45, 7) is 9.08. The molecule has 3 heteroatoms. The van der Waals surface area contributed by atoms with Crippen molar-refractivity contribution < 1.29 is 9.53 Å². The van der Waals surface area contributed by atoms with E-state index >= 15 is 0 Å². The fraction of sp³-hybridized carbons (Fsp3) is 0.611. The molecule has 1 aliphatic rings. The number of benzene rings is 1. The quantitative estimate of drug-likeness (QED) is 0.896. The number of carbonyl (C=O) groups excluding carboxylic acids is 1. The van der Waals surface area contributed by atoms with Crippen LogP contribution in [0.1, 0.15) is 50.7 Å². The average Bonchev–Trinajstić information content (AvgIpc) is 2.74. The second-order valence-electron chi connectivity index (χ2n) is 6.97. The van der Waals surface area contributed by atoms with E-state index in [4.69, 9.17) is 4.74 Å². The Kier molecular flexibility index (Phi) is 4.92. The van der Waals surface area contributed by atoms with Crippen LogP contribution in [0.5, 0.6) is 5.75 Å². The van der Waals surface area contributed by atoms with E-state index in [1.807, 2.05) is 19.1 Å². The summed E-state index contributed by atoms with van der Waals surface area (Å²) in [6.07, 6.45) is 3.79. The van der Waals surface area contributed by atoms with Gasteiger partial charge in [-0.15, -0.1) is 0 Å². The van der Waals surface area contributed by atoms with Gasteiger partial charge in [-0.25, -0.2) is 0 Å². The predicted molar refractivity (Wildman–Crippen MR) is 85.6 cm³/mol. The normalized spacial score (nSPS) is 20.3. The zero-order chi connectivity index (χ0) is 15.5. The van der Waals surface area contributed by atoms with Crippen molar-refractivity contribution in [2.24, 2.45) is 5.41 Å². The molecule has 0 heterocycles. The SMILES string of the molecule is Cc1cccc(OCCC(=O)NC2CCC(C)(C)C2)c1C. The minimum absolute atomic E-state index is 0.100. The number of hydrogen-bond acceptors (Lipinski definition) is 2. The number of ether oxygens (including phenoxy) is 1. The van der Waals surface area contributed by atoms with Gasteiger partial charge in [0.25, 0.3) is 0 Å². The van der Waals surface area contributed by atoms with Crippen molar-refractivity contribution >= 4 is 5.91 Å². The Hall–Kier alpha value is -1.51. The van der Waals surface area contributed by atoms with Gasteiger partial charge in [-0.05, 0) is 55.7 Å². The molecule has 0 bridgehead atoms. The van der Waals surface area contributed by atoms with E-state index in [-0.39, 0.29) is 5.91 Å². The highest BCUT2D eigenvalue weighted by Gasteiger charge is 2.31. The third-order valence-electron chi connectivity index (χ3n) is 4.48. The van der Waals surface area contributed by atoms with E-state index in [0.29, 0.717) is 24.5 Å². The van der Waals surface area contributed by atoms with Crippen LogP contribution in [-0.4, -0.2) is 18.6 Å². The first-order chi connectivity index (χ1) is 9.87. The molecule has 1 fully saturated rings. The van der Waals surface area contributed by atoms with E-state index in [2.05, 4.69) is 32.2 Å². The number of amides is 1. The lowest BCUT2D eigenvalue weighted by molar-refractivity contribution is -0.122. The Morgan fingerprint density at radius 2 is 2.14 bits per heavy atom. The maximum atomic E-state index is 12.0. The van der Waals surface area contributed by atoms with Crippen LogP contribution in [-0.2, 0) is 4.79 Å². The Bertz CT molecular complexity index is 508. The predicted octanol–water partition coefficient (Wildman–Crippen LogP) is 3.77. The number of nitrogens with one attached hydrogen (secondary N) is 1. The van der Waals surface area contributed by atoms with Gasteiger partial charge in [0, 0.05) is 6.04 Å². The first kappa shape index (κ1) is 15.9. The molecule has 1 amide bonds. The summed E-state index contributed by atoms with van der Waals surface area (Å²) in [5.74, 6) is 0.979. The highest BCUT2D eigenvalue weighted by atomic mass is 16.5. The molecule has 1 aromatic rings. The van der Waals surface area contributed by atoms with Crippen molar-refractivity contribution in [1.29, 1.82) is 0 Å². The maximum absolute atomic E-state index is 12.0. The van der Waals surface area contributed by atoms with Gasteiger partial charge in [-0.3, -0.25) is 4.79 Å². The molecule has 1 atom stereocenters. The van der Waals surface area contributed by atoms with E-state index in [1.165, 1.54) is 12.0 Å². The van der Waals surface area contributed by atoms with Gasteiger partial charge >= 0.3 is 0 Å². The standard InChI is InChI=1S/C18H27NO2/c1-13-6-5-7-16(14(13)2)21-11-9-17(20)19-15-8-10-18(3,4)12-15/h5-7,15H,8-12H2,1-4H3,(H,19,20). The third-order valence-corrected chi connectivity index (χ3v) is 4.48. The lowest BCUT2D eigenvalue weighted by Gasteiger charge is -2.18. The first-order valence-electron chi connectivity index (χ1n) is 7.86. The van der Waals surface area contributed by atoms with Crippen molar-refractivity contribution in [2.75, 3.05) is 6.61 Å². The van der Waals surface area contributed by atoms with E-state index < -0.39 is 0 Å². The van der Waals surface area contributed by atoms with Crippen LogP contribution in [0.2, 0.25) is 0 Å².